The van der Waals surface area contributed by atoms with Gasteiger partial charge in [0.25, 0.3) is 0 Å². The van der Waals surface area contributed by atoms with Crippen molar-refractivity contribution < 1.29 is 4.74 Å². The van der Waals surface area contributed by atoms with Gasteiger partial charge in [-0.15, -0.1) is 0 Å². The Labute approximate surface area is 85.7 Å². The molecule has 3 unspecified atom stereocenters. The lowest BCUT2D eigenvalue weighted by Crippen LogP contribution is -2.30. The van der Waals surface area contributed by atoms with Gasteiger partial charge in [0.15, 0.2) is 0 Å². The van der Waals surface area contributed by atoms with Crippen molar-refractivity contribution in [2.45, 2.75) is 31.4 Å². The largest absolute Gasteiger partial charge is 0.377 e. The lowest BCUT2D eigenvalue weighted by Gasteiger charge is -2.13. The third-order valence-corrected chi connectivity index (χ3v) is 3.01. The summed E-state index contributed by atoms with van der Waals surface area (Å²) < 4.78 is 5.53. The Balaban J connectivity index is 1.56. The van der Waals surface area contributed by atoms with Crippen LogP contribution in [0.3, 0.4) is 0 Å². The van der Waals surface area contributed by atoms with Crippen molar-refractivity contribution in [3.63, 3.8) is 0 Å². The first kappa shape index (κ1) is 10.1. The van der Waals surface area contributed by atoms with Crippen LogP contribution >= 0.6 is 0 Å². The van der Waals surface area contributed by atoms with Crippen LogP contribution < -0.4 is 11.1 Å². The third kappa shape index (κ3) is 2.80. The molecule has 0 aromatic heterocycles. The maximum atomic E-state index is 5.78. The van der Waals surface area contributed by atoms with E-state index in [1.54, 1.807) is 0 Å². The molecule has 3 atom stereocenters. The second kappa shape index (κ2) is 4.91. The molecule has 0 spiro atoms. The highest BCUT2D eigenvalue weighted by Crippen LogP contribution is 2.15. The van der Waals surface area contributed by atoms with Crippen LogP contribution in [-0.4, -0.2) is 31.8 Å². The predicted molar refractivity (Wildman–Crippen MR) is 57.1 cm³/mol. The molecule has 0 bridgehead atoms. The molecule has 1 saturated heterocycles. The van der Waals surface area contributed by atoms with E-state index in [4.69, 9.17) is 10.5 Å². The molecule has 2 rings (SSSR count). The van der Waals surface area contributed by atoms with E-state index < -0.39 is 0 Å². The van der Waals surface area contributed by atoms with Gasteiger partial charge in [-0.1, -0.05) is 12.2 Å². The molecule has 80 valence electrons. The van der Waals surface area contributed by atoms with Crippen LogP contribution in [-0.2, 0) is 4.74 Å². The van der Waals surface area contributed by atoms with Gasteiger partial charge in [0.2, 0.25) is 0 Å². The smallest absolute Gasteiger partial charge is 0.0700 e. The Hall–Kier alpha value is -0.380. The number of ether oxygens (including phenoxy) is 1. The molecular formula is C11H20N2O. The summed E-state index contributed by atoms with van der Waals surface area (Å²) >= 11 is 0. The fourth-order valence-electron chi connectivity index (χ4n) is 2.19. The molecule has 0 aromatic carbocycles. The van der Waals surface area contributed by atoms with Crippen molar-refractivity contribution >= 4 is 0 Å². The molecule has 3 heteroatoms. The van der Waals surface area contributed by atoms with E-state index in [0.29, 0.717) is 12.0 Å². The van der Waals surface area contributed by atoms with Gasteiger partial charge in [-0.2, -0.15) is 0 Å². The Morgan fingerprint density at radius 1 is 1.36 bits per heavy atom. The molecule has 1 fully saturated rings. The lowest BCUT2D eigenvalue weighted by atomic mass is 10.1. The van der Waals surface area contributed by atoms with Crippen molar-refractivity contribution in [3.8, 4) is 0 Å². The van der Waals surface area contributed by atoms with E-state index >= 15 is 0 Å². The van der Waals surface area contributed by atoms with Gasteiger partial charge in [-0.25, -0.2) is 0 Å². The van der Waals surface area contributed by atoms with Crippen LogP contribution in [0.1, 0.15) is 19.3 Å². The quantitative estimate of drug-likeness (QED) is 0.649. The monoisotopic (exact) mass is 196 g/mol. The number of nitrogens with two attached hydrogens (primary N) is 1. The first-order chi connectivity index (χ1) is 6.84. The van der Waals surface area contributed by atoms with E-state index in [9.17, 15) is 0 Å². The zero-order chi connectivity index (χ0) is 9.80. The van der Waals surface area contributed by atoms with Gasteiger partial charge in [-0.05, 0) is 25.2 Å². The average Bonchev–Trinajstić information content (AvgIpc) is 2.77. The molecule has 3 nitrogen and oxygen atoms in total. The zero-order valence-corrected chi connectivity index (χ0v) is 8.61. The standard InChI is InChI=1S/C11H20N2O/c12-10-4-3-9(6-10)7-13-8-11-2-1-5-14-11/h3-4,9-11,13H,1-2,5-8,12H2. The molecule has 14 heavy (non-hydrogen) atoms. The Morgan fingerprint density at radius 2 is 2.29 bits per heavy atom. The first-order valence-corrected chi connectivity index (χ1v) is 5.61. The van der Waals surface area contributed by atoms with Crippen molar-refractivity contribution in [1.29, 1.82) is 0 Å². The summed E-state index contributed by atoms with van der Waals surface area (Å²) in [5.41, 5.74) is 5.78. The minimum Gasteiger partial charge on any atom is -0.377 e. The van der Waals surface area contributed by atoms with E-state index in [1.807, 2.05) is 0 Å². The summed E-state index contributed by atoms with van der Waals surface area (Å²) in [7, 11) is 0. The van der Waals surface area contributed by atoms with E-state index in [2.05, 4.69) is 17.5 Å². The number of hydrogen-bond donors (Lipinski definition) is 2. The SMILES string of the molecule is NC1C=CC(CNCC2CCCO2)C1. The highest BCUT2D eigenvalue weighted by molar-refractivity contribution is 5.05. The second-order valence-corrected chi connectivity index (χ2v) is 4.34. The molecule has 2 aliphatic rings. The van der Waals surface area contributed by atoms with Crippen LogP contribution in [0, 0.1) is 5.92 Å². The van der Waals surface area contributed by atoms with Crippen molar-refractivity contribution in [3.05, 3.63) is 12.2 Å². The first-order valence-electron chi connectivity index (χ1n) is 5.61. The summed E-state index contributed by atoms with van der Waals surface area (Å²) in [5.74, 6) is 0.631. The minimum absolute atomic E-state index is 0.282. The maximum Gasteiger partial charge on any atom is 0.0700 e. The number of nitrogens with one attached hydrogen (secondary N) is 1. The molecule has 0 aromatic rings. The maximum absolute atomic E-state index is 5.78. The van der Waals surface area contributed by atoms with Crippen LogP contribution in [0.4, 0.5) is 0 Å². The van der Waals surface area contributed by atoms with Gasteiger partial charge in [0.1, 0.15) is 0 Å². The highest BCUT2D eigenvalue weighted by atomic mass is 16.5. The van der Waals surface area contributed by atoms with Gasteiger partial charge in [0.05, 0.1) is 6.10 Å². The topological polar surface area (TPSA) is 47.3 Å². The second-order valence-electron chi connectivity index (χ2n) is 4.34. The van der Waals surface area contributed by atoms with E-state index in [-0.39, 0.29) is 6.04 Å². The molecule has 0 amide bonds. The summed E-state index contributed by atoms with van der Waals surface area (Å²) in [6.07, 6.45) is 8.33. The molecule has 1 aliphatic carbocycles. The molecule has 3 N–H and O–H groups in total. The van der Waals surface area contributed by atoms with Crippen molar-refractivity contribution in [2.24, 2.45) is 11.7 Å². The van der Waals surface area contributed by atoms with Crippen molar-refractivity contribution in [1.82, 2.24) is 5.32 Å². The van der Waals surface area contributed by atoms with E-state index in [0.717, 1.165) is 26.1 Å². The predicted octanol–water partition coefficient (Wildman–Crippen LogP) is 0.658. The summed E-state index contributed by atoms with van der Waals surface area (Å²) in [6, 6.07) is 0.282. The average molecular weight is 196 g/mol. The number of hydrogen-bond acceptors (Lipinski definition) is 3. The van der Waals surface area contributed by atoms with Crippen LogP contribution in [0.2, 0.25) is 0 Å². The van der Waals surface area contributed by atoms with Gasteiger partial charge in [-0.3, -0.25) is 0 Å². The van der Waals surface area contributed by atoms with Crippen LogP contribution in [0.15, 0.2) is 12.2 Å². The van der Waals surface area contributed by atoms with Crippen LogP contribution in [0.5, 0.6) is 0 Å². The molecule has 1 aliphatic heterocycles. The zero-order valence-electron chi connectivity index (χ0n) is 8.61. The molecule has 1 heterocycles. The van der Waals surface area contributed by atoms with Gasteiger partial charge >= 0.3 is 0 Å². The van der Waals surface area contributed by atoms with Crippen molar-refractivity contribution in [2.75, 3.05) is 19.7 Å². The summed E-state index contributed by atoms with van der Waals surface area (Å²) in [4.78, 5) is 0. The number of rotatable bonds is 4. The Bertz CT molecular complexity index is 199. The summed E-state index contributed by atoms with van der Waals surface area (Å²) in [5, 5.41) is 3.46. The fourth-order valence-corrected chi connectivity index (χ4v) is 2.19. The lowest BCUT2D eigenvalue weighted by molar-refractivity contribution is 0.109. The highest BCUT2D eigenvalue weighted by Gasteiger charge is 2.17. The Kier molecular flexibility index (Phi) is 3.56. The normalized spacial score (nSPS) is 36.8. The minimum atomic E-state index is 0.282. The summed E-state index contributed by atoms with van der Waals surface area (Å²) in [6.45, 7) is 2.99. The molecule has 0 saturated carbocycles. The third-order valence-electron chi connectivity index (χ3n) is 3.01. The van der Waals surface area contributed by atoms with E-state index in [1.165, 1.54) is 12.8 Å². The van der Waals surface area contributed by atoms with Gasteiger partial charge < -0.3 is 15.8 Å². The fraction of sp³-hybridized carbons (Fsp3) is 0.818. The van der Waals surface area contributed by atoms with Gasteiger partial charge in [0, 0.05) is 25.7 Å². The van der Waals surface area contributed by atoms with Crippen LogP contribution in [0.25, 0.3) is 0 Å². The molecular weight excluding hydrogens is 176 g/mol. The Morgan fingerprint density at radius 3 is 2.93 bits per heavy atom. The molecule has 0 radical (unpaired) electrons.